The van der Waals surface area contributed by atoms with Crippen LogP contribution in [0.2, 0.25) is 0 Å². The minimum Gasteiger partial charge on any atom is -0.480 e. The molecule has 100 valence electrons. The van der Waals surface area contributed by atoms with E-state index in [4.69, 9.17) is 5.11 Å². The third-order valence-electron chi connectivity index (χ3n) is 2.66. The van der Waals surface area contributed by atoms with Gasteiger partial charge in [0.15, 0.2) is 0 Å². The molecule has 1 aromatic rings. The summed E-state index contributed by atoms with van der Waals surface area (Å²) in [5.41, 5.74) is 1.17. The van der Waals surface area contributed by atoms with E-state index in [0.717, 1.165) is 5.75 Å². The van der Waals surface area contributed by atoms with Crippen LogP contribution in [-0.2, 0) is 11.3 Å². The maximum atomic E-state index is 10.8. The molecule has 0 radical (unpaired) electrons. The summed E-state index contributed by atoms with van der Waals surface area (Å²) in [4.78, 5) is 14.0. The SMILES string of the molecule is CCSc1cccc(CN(CC(=O)O)C(C)C)c1. The van der Waals surface area contributed by atoms with E-state index in [0.29, 0.717) is 6.54 Å². The Morgan fingerprint density at radius 2 is 2.17 bits per heavy atom. The molecule has 0 saturated carbocycles. The Labute approximate surface area is 113 Å². The highest BCUT2D eigenvalue weighted by Gasteiger charge is 2.13. The predicted octanol–water partition coefficient (Wildman–Crippen LogP) is 3.09. The summed E-state index contributed by atoms with van der Waals surface area (Å²) >= 11 is 1.80. The minimum atomic E-state index is -0.775. The zero-order valence-electron chi connectivity index (χ0n) is 11.2. The van der Waals surface area contributed by atoms with Crippen LogP contribution in [0.15, 0.2) is 29.2 Å². The maximum Gasteiger partial charge on any atom is 0.317 e. The van der Waals surface area contributed by atoms with Crippen LogP contribution >= 0.6 is 11.8 Å². The van der Waals surface area contributed by atoms with Crippen LogP contribution in [0.25, 0.3) is 0 Å². The van der Waals surface area contributed by atoms with Gasteiger partial charge < -0.3 is 5.11 Å². The third-order valence-corrected chi connectivity index (χ3v) is 3.54. The summed E-state index contributed by atoms with van der Waals surface area (Å²) in [5, 5.41) is 8.90. The zero-order chi connectivity index (χ0) is 13.5. The number of benzene rings is 1. The van der Waals surface area contributed by atoms with Gasteiger partial charge in [0, 0.05) is 17.5 Å². The highest BCUT2D eigenvalue weighted by molar-refractivity contribution is 7.99. The molecule has 0 unspecified atom stereocenters. The molecule has 4 heteroatoms. The average Bonchev–Trinajstić information content (AvgIpc) is 2.28. The predicted molar refractivity (Wildman–Crippen MR) is 76.0 cm³/mol. The molecule has 0 aliphatic carbocycles. The lowest BCUT2D eigenvalue weighted by atomic mass is 10.2. The second kappa shape index (κ2) is 7.44. The van der Waals surface area contributed by atoms with Crippen molar-refractivity contribution in [2.75, 3.05) is 12.3 Å². The number of hydrogen-bond donors (Lipinski definition) is 1. The molecule has 1 aromatic carbocycles. The van der Waals surface area contributed by atoms with Gasteiger partial charge in [-0.25, -0.2) is 0 Å². The van der Waals surface area contributed by atoms with Gasteiger partial charge in [0.25, 0.3) is 0 Å². The number of carboxylic acids is 1. The van der Waals surface area contributed by atoms with Crippen LogP contribution in [0.5, 0.6) is 0 Å². The Balaban J connectivity index is 2.73. The number of nitrogens with zero attached hydrogens (tertiary/aromatic N) is 1. The molecule has 0 atom stereocenters. The van der Waals surface area contributed by atoms with Gasteiger partial charge in [-0.05, 0) is 37.3 Å². The van der Waals surface area contributed by atoms with E-state index in [-0.39, 0.29) is 12.6 Å². The van der Waals surface area contributed by atoms with Crippen molar-refractivity contribution in [2.24, 2.45) is 0 Å². The first-order valence-corrected chi connectivity index (χ1v) is 7.19. The maximum absolute atomic E-state index is 10.8. The molecule has 0 fully saturated rings. The fourth-order valence-electron chi connectivity index (χ4n) is 1.73. The lowest BCUT2D eigenvalue weighted by Crippen LogP contribution is -2.35. The standard InChI is InChI=1S/C14H21NO2S/c1-4-18-13-7-5-6-12(8-13)9-15(11(2)3)10-14(16)17/h5-8,11H,4,9-10H2,1-3H3,(H,16,17). The van der Waals surface area contributed by atoms with Crippen molar-refractivity contribution in [1.82, 2.24) is 4.90 Å². The zero-order valence-corrected chi connectivity index (χ0v) is 12.0. The van der Waals surface area contributed by atoms with Crippen LogP contribution in [-0.4, -0.2) is 34.3 Å². The van der Waals surface area contributed by atoms with Crippen LogP contribution in [0.1, 0.15) is 26.3 Å². The number of thioether (sulfide) groups is 1. The molecule has 0 bridgehead atoms. The number of rotatable bonds is 7. The van der Waals surface area contributed by atoms with Gasteiger partial charge in [0.2, 0.25) is 0 Å². The summed E-state index contributed by atoms with van der Waals surface area (Å²) in [7, 11) is 0. The first kappa shape index (κ1) is 15.1. The molecule has 18 heavy (non-hydrogen) atoms. The molecular formula is C14H21NO2S. The molecule has 0 aliphatic rings. The average molecular weight is 267 g/mol. The minimum absolute atomic E-state index is 0.0861. The summed E-state index contributed by atoms with van der Waals surface area (Å²) in [6, 6.07) is 8.55. The summed E-state index contributed by atoms with van der Waals surface area (Å²) < 4.78 is 0. The van der Waals surface area contributed by atoms with Crippen molar-refractivity contribution in [3.05, 3.63) is 29.8 Å². The smallest absolute Gasteiger partial charge is 0.317 e. The highest BCUT2D eigenvalue weighted by Crippen LogP contribution is 2.19. The van der Waals surface area contributed by atoms with Crippen LogP contribution in [0.3, 0.4) is 0 Å². The number of hydrogen-bond acceptors (Lipinski definition) is 3. The molecule has 0 heterocycles. The van der Waals surface area contributed by atoms with E-state index in [9.17, 15) is 4.79 Å². The number of carbonyl (C=O) groups is 1. The first-order chi connectivity index (χ1) is 8.52. The van der Waals surface area contributed by atoms with E-state index in [1.807, 2.05) is 24.8 Å². The van der Waals surface area contributed by atoms with Crippen LogP contribution < -0.4 is 0 Å². The van der Waals surface area contributed by atoms with Crippen molar-refractivity contribution in [3.63, 3.8) is 0 Å². The number of carboxylic acid groups (broad SMARTS) is 1. The van der Waals surface area contributed by atoms with Gasteiger partial charge >= 0.3 is 5.97 Å². The van der Waals surface area contributed by atoms with Gasteiger partial charge in [0.05, 0.1) is 6.54 Å². The topological polar surface area (TPSA) is 40.5 Å². The van der Waals surface area contributed by atoms with E-state index in [1.165, 1.54) is 10.5 Å². The normalized spacial score (nSPS) is 11.2. The Kier molecular flexibility index (Phi) is 6.22. The van der Waals surface area contributed by atoms with Gasteiger partial charge in [-0.15, -0.1) is 11.8 Å². The van der Waals surface area contributed by atoms with E-state index >= 15 is 0 Å². The fraction of sp³-hybridized carbons (Fsp3) is 0.500. The molecule has 0 amide bonds. The van der Waals surface area contributed by atoms with Gasteiger partial charge in [-0.3, -0.25) is 9.69 Å². The molecule has 0 aliphatic heterocycles. The summed E-state index contributed by atoms with van der Waals surface area (Å²) in [6.45, 7) is 6.94. The largest absolute Gasteiger partial charge is 0.480 e. The fourth-order valence-corrected chi connectivity index (χ4v) is 2.47. The van der Waals surface area contributed by atoms with E-state index in [1.54, 1.807) is 11.8 Å². The molecular weight excluding hydrogens is 246 g/mol. The molecule has 1 N–H and O–H groups in total. The van der Waals surface area contributed by atoms with Crippen molar-refractivity contribution in [1.29, 1.82) is 0 Å². The Morgan fingerprint density at radius 1 is 1.44 bits per heavy atom. The van der Waals surface area contributed by atoms with Crippen molar-refractivity contribution in [2.45, 2.75) is 38.3 Å². The second-order valence-corrected chi connectivity index (χ2v) is 5.81. The lowest BCUT2D eigenvalue weighted by Gasteiger charge is -2.24. The quantitative estimate of drug-likeness (QED) is 0.771. The monoisotopic (exact) mass is 267 g/mol. The summed E-state index contributed by atoms with van der Waals surface area (Å²) in [6.07, 6.45) is 0. The van der Waals surface area contributed by atoms with Crippen LogP contribution in [0, 0.1) is 0 Å². The van der Waals surface area contributed by atoms with Crippen molar-refractivity contribution >= 4 is 17.7 Å². The van der Waals surface area contributed by atoms with E-state index < -0.39 is 5.97 Å². The first-order valence-electron chi connectivity index (χ1n) is 6.20. The van der Waals surface area contributed by atoms with Gasteiger partial charge in [-0.2, -0.15) is 0 Å². The van der Waals surface area contributed by atoms with E-state index in [2.05, 4.69) is 25.1 Å². The Hall–Kier alpha value is -1.00. The molecule has 3 nitrogen and oxygen atoms in total. The molecule has 0 aromatic heterocycles. The van der Waals surface area contributed by atoms with Crippen LogP contribution in [0.4, 0.5) is 0 Å². The number of aliphatic carboxylic acids is 1. The van der Waals surface area contributed by atoms with Crippen molar-refractivity contribution < 1.29 is 9.90 Å². The molecule has 0 saturated heterocycles. The molecule has 1 rings (SSSR count). The highest BCUT2D eigenvalue weighted by atomic mass is 32.2. The summed E-state index contributed by atoms with van der Waals surface area (Å²) in [5.74, 6) is 0.273. The Bertz CT molecular complexity index is 393. The third kappa shape index (κ3) is 5.10. The van der Waals surface area contributed by atoms with Gasteiger partial charge in [-0.1, -0.05) is 19.1 Å². The molecule has 0 spiro atoms. The van der Waals surface area contributed by atoms with Crippen molar-refractivity contribution in [3.8, 4) is 0 Å². The lowest BCUT2D eigenvalue weighted by molar-refractivity contribution is -0.138. The Morgan fingerprint density at radius 3 is 2.72 bits per heavy atom. The van der Waals surface area contributed by atoms with Gasteiger partial charge in [0.1, 0.15) is 0 Å². The second-order valence-electron chi connectivity index (χ2n) is 4.47.